The zero-order valence-electron chi connectivity index (χ0n) is 33.1. The van der Waals surface area contributed by atoms with Gasteiger partial charge in [0.25, 0.3) is 0 Å². The Balaban J connectivity index is 1.13. The maximum Gasteiger partial charge on any atom is 0.0506 e. The summed E-state index contributed by atoms with van der Waals surface area (Å²) in [4.78, 5) is 4.91. The van der Waals surface area contributed by atoms with Crippen molar-refractivity contribution < 1.29 is 0 Å². The number of anilines is 6. The van der Waals surface area contributed by atoms with E-state index in [0.717, 1.165) is 17.1 Å². The second-order valence-electron chi connectivity index (χ2n) is 17.1. The summed E-state index contributed by atoms with van der Waals surface area (Å²) < 4.78 is 0. The third kappa shape index (κ3) is 4.90. The lowest BCUT2D eigenvalue weighted by atomic mass is 9.71. The Morgan fingerprint density at radius 3 is 1.74 bits per heavy atom. The van der Waals surface area contributed by atoms with Gasteiger partial charge in [-0.25, -0.2) is 0 Å². The van der Waals surface area contributed by atoms with Gasteiger partial charge in [0.05, 0.1) is 11.4 Å². The zero-order chi connectivity index (χ0) is 38.6. The Kier molecular flexibility index (Phi) is 7.20. The maximum atomic E-state index is 2.54. The number of nitrogens with zero attached hydrogens (tertiary/aromatic N) is 2. The van der Waals surface area contributed by atoms with Gasteiger partial charge in [0, 0.05) is 33.6 Å². The molecule has 57 heavy (non-hydrogen) atoms. The molecule has 2 aliphatic rings. The average Bonchev–Trinajstić information content (AvgIpc) is 3.46. The van der Waals surface area contributed by atoms with Gasteiger partial charge in [-0.1, -0.05) is 137 Å². The van der Waals surface area contributed by atoms with Crippen LogP contribution in [0.3, 0.4) is 0 Å². The van der Waals surface area contributed by atoms with Crippen molar-refractivity contribution in [3.8, 4) is 11.1 Å². The molecule has 1 heterocycles. The van der Waals surface area contributed by atoms with E-state index in [9.17, 15) is 0 Å². The standard InChI is InChI=1S/C55H44N2/c1-35-16-15-19-37(30-35)56(36-17-7-6-8-18-36)38-26-28-42-43-29-27-39(32-46(43)41-21-10-9-20-40(41)45(42)31-38)57-52-25-14-13-24-49(52)55(4,5)51-33-47-44-22-11-12-23-48(44)54(2,3)50(47)34-53(51)57/h6-34H,1-5H3. The number of para-hydroxylation sites is 2. The predicted molar refractivity (Wildman–Crippen MR) is 243 cm³/mol. The Labute approximate surface area is 335 Å². The molecular formula is C55H44N2. The third-order valence-electron chi connectivity index (χ3n) is 13.0. The van der Waals surface area contributed by atoms with E-state index in [0.29, 0.717) is 0 Å². The van der Waals surface area contributed by atoms with Crippen LogP contribution in [-0.2, 0) is 10.8 Å². The molecule has 0 amide bonds. The summed E-state index contributed by atoms with van der Waals surface area (Å²) in [6.45, 7) is 11.7. The number of hydrogen-bond donors (Lipinski definition) is 0. The minimum absolute atomic E-state index is 0.0967. The molecule has 0 saturated carbocycles. The fourth-order valence-electron chi connectivity index (χ4n) is 10.2. The molecule has 0 spiro atoms. The molecule has 0 saturated heterocycles. The molecule has 0 unspecified atom stereocenters. The van der Waals surface area contributed by atoms with Gasteiger partial charge in [0.15, 0.2) is 0 Å². The third-order valence-corrected chi connectivity index (χ3v) is 13.0. The second kappa shape index (κ2) is 12.2. The first kappa shape index (κ1) is 33.7. The lowest BCUT2D eigenvalue weighted by Crippen LogP contribution is -2.31. The normalized spacial score (nSPS) is 14.6. The molecule has 1 aliphatic carbocycles. The largest absolute Gasteiger partial charge is 0.310 e. The second-order valence-corrected chi connectivity index (χ2v) is 17.1. The molecule has 9 aromatic carbocycles. The van der Waals surface area contributed by atoms with E-state index in [1.165, 1.54) is 88.3 Å². The van der Waals surface area contributed by atoms with E-state index in [2.05, 4.69) is 220 Å². The molecular weight excluding hydrogens is 689 g/mol. The van der Waals surface area contributed by atoms with Crippen molar-refractivity contribution in [1.29, 1.82) is 0 Å². The van der Waals surface area contributed by atoms with Crippen LogP contribution in [0.5, 0.6) is 0 Å². The van der Waals surface area contributed by atoms with Crippen LogP contribution in [0.2, 0.25) is 0 Å². The molecule has 0 atom stereocenters. The molecule has 274 valence electrons. The smallest absolute Gasteiger partial charge is 0.0506 e. The molecule has 0 radical (unpaired) electrons. The van der Waals surface area contributed by atoms with Crippen LogP contribution in [0.1, 0.15) is 55.5 Å². The first-order valence-corrected chi connectivity index (χ1v) is 20.2. The molecule has 0 fully saturated rings. The molecule has 9 aromatic rings. The molecule has 1 aliphatic heterocycles. The van der Waals surface area contributed by atoms with Crippen LogP contribution in [0, 0.1) is 6.92 Å². The van der Waals surface area contributed by atoms with Crippen molar-refractivity contribution in [3.05, 3.63) is 204 Å². The lowest BCUT2D eigenvalue weighted by Gasteiger charge is -2.43. The van der Waals surface area contributed by atoms with Crippen molar-refractivity contribution in [2.45, 2.75) is 45.4 Å². The topological polar surface area (TPSA) is 6.48 Å². The van der Waals surface area contributed by atoms with E-state index in [-0.39, 0.29) is 10.8 Å². The predicted octanol–water partition coefficient (Wildman–Crippen LogP) is 15.3. The van der Waals surface area contributed by atoms with Gasteiger partial charge in [-0.3, -0.25) is 0 Å². The van der Waals surface area contributed by atoms with Crippen LogP contribution in [0.4, 0.5) is 34.1 Å². The van der Waals surface area contributed by atoms with Gasteiger partial charge in [-0.15, -0.1) is 0 Å². The van der Waals surface area contributed by atoms with E-state index in [4.69, 9.17) is 0 Å². The van der Waals surface area contributed by atoms with Crippen LogP contribution in [0.25, 0.3) is 43.4 Å². The van der Waals surface area contributed by atoms with E-state index < -0.39 is 0 Å². The van der Waals surface area contributed by atoms with Crippen molar-refractivity contribution in [1.82, 2.24) is 0 Å². The Morgan fingerprint density at radius 2 is 0.965 bits per heavy atom. The Bertz CT molecular complexity index is 3080. The highest BCUT2D eigenvalue weighted by molar-refractivity contribution is 6.26. The van der Waals surface area contributed by atoms with Gasteiger partial charge in [-0.05, 0) is 145 Å². The highest BCUT2D eigenvalue weighted by atomic mass is 15.2. The molecule has 2 heteroatoms. The minimum Gasteiger partial charge on any atom is -0.310 e. The van der Waals surface area contributed by atoms with Crippen molar-refractivity contribution >= 4 is 66.4 Å². The van der Waals surface area contributed by atoms with Crippen LogP contribution < -0.4 is 9.80 Å². The van der Waals surface area contributed by atoms with E-state index >= 15 is 0 Å². The van der Waals surface area contributed by atoms with Crippen molar-refractivity contribution in [2.24, 2.45) is 0 Å². The molecule has 2 nitrogen and oxygen atoms in total. The monoisotopic (exact) mass is 732 g/mol. The first-order valence-electron chi connectivity index (χ1n) is 20.2. The summed E-state index contributed by atoms with van der Waals surface area (Å²) in [5, 5.41) is 7.56. The maximum absolute atomic E-state index is 2.54. The Hall–Kier alpha value is -6.64. The number of benzene rings is 9. The number of fused-ring (bicyclic) bond motifs is 11. The first-order chi connectivity index (χ1) is 27.7. The van der Waals surface area contributed by atoms with Crippen LogP contribution >= 0.6 is 0 Å². The summed E-state index contributed by atoms with van der Waals surface area (Å²) in [7, 11) is 0. The summed E-state index contributed by atoms with van der Waals surface area (Å²) >= 11 is 0. The van der Waals surface area contributed by atoms with Crippen molar-refractivity contribution in [2.75, 3.05) is 9.80 Å². The number of aryl methyl sites for hydroxylation is 1. The SMILES string of the molecule is Cc1cccc(N(c2ccccc2)c2ccc3c4ccc(N5c6ccccc6C(C)(C)c6cc7c(cc65)C(C)(C)c5ccccc5-7)cc4c4ccccc4c3c2)c1. The summed E-state index contributed by atoms with van der Waals surface area (Å²) in [6.07, 6.45) is 0. The average molecular weight is 733 g/mol. The van der Waals surface area contributed by atoms with E-state index in [1.807, 2.05) is 0 Å². The van der Waals surface area contributed by atoms with Crippen LogP contribution in [0.15, 0.2) is 176 Å². The summed E-state index contributed by atoms with van der Waals surface area (Å²) in [5.41, 5.74) is 16.3. The molecule has 0 bridgehead atoms. The highest BCUT2D eigenvalue weighted by Crippen LogP contribution is 2.57. The fraction of sp³-hybridized carbons (Fsp3) is 0.127. The van der Waals surface area contributed by atoms with E-state index in [1.54, 1.807) is 0 Å². The molecule has 11 rings (SSSR count). The minimum atomic E-state index is -0.178. The number of hydrogen-bond acceptors (Lipinski definition) is 2. The molecule has 0 N–H and O–H groups in total. The quantitative estimate of drug-likeness (QED) is 0.166. The van der Waals surface area contributed by atoms with Gasteiger partial charge in [-0.2, -0.15) is 0 Å². The highest BCUT2D eigenvalue weighted by Gasteiger charge is 2.42. The van der Waals surface area contributed by atoms with Crippen LogP contribution in [-0.4, -0.2) is 0 Å². The van der Waals surface area contributed by atoms with Crippen molar-refractivity contribution in [3.63, 3.8) is 0 Å². The van der Waals surface area contributed by atoms with Gasteiger partial charge >= 0.3 is 0 Å². The number of rotatable bonds is 4. The molecule has 0 aromatic heterocycles. The zero-order valence-corrected chi connectivity index (χ0v) is 33.1. The van der Waals surface area contributed by atoms with Gasteiger partial charge in [0.1, 0.15) is 0 Å². The Morgan fingerprint density at radius 1 is 0.368 bits per heavy atom. The van der Waals surface area contributed by atoms with Gasteiger partial charge in [0.2, 0.25) is 0 Å². The fourth-order valence-corrected chi connectivity index (χ4v) is 10.2. The lowest BCUT2D eigenvalue weighted by molar-refractivity contribution is 0.627. The summed E-state index contributed by atoms with van der Waals surface area (Å²) in [6, 6.07) is 65.7. The summed E-state index contributed by atoms with van der Waals surface area (Å²) in [5.74, 6) is 0. The van der Waals surface area contributed by atoms with Gasteiger partial charge < -0.3 is 9.80 Å².